The molecule has 27 heavy (non-hydrogen) atoms. The van der Waals surface area contributed by atoms with E-state index in [-0.39, 0.29) is 5.91 Å². The van der Waals surface area contributed by atoms with E-state index in [1.165, 1.54) is 5.56 Å². The molecule has 5 nitrogen and oxygen atoms in total. The van der Waals surface area contributed by atoms with E-state index < -0.39 is 0 Å². The predicted molar refractivity (Wildman–Crippen MR) is 110 cm³/mol. The summed E-state index contributed by atoms with van der Waals surface area (Å²) in [7, 11) is 3.95. The van der Waals surface area contributed by atoms with Gasteiger partial charge in [-0.05, 0) is 49.9 Å². The van der Waals surface area contributed by atoms with E-state index in [2.05, 4.69) is 45.5 Å². The molecular weight excluding hydrogens is 336 g/mol. The van der Waals surface area contributed by atoms with Gasteiger partial charge < -0.3 is 15.1 Å². The molecule has 5 heteroatoms. The number of carbonyl (C=O) groups excluding carboxylic acids is 1. The summed E-state index contributed by atoms with van der Waals surface area (Å²) in [6.07, 6.45) is 4.92. The zero-order valence-corrected chi connectivity index (χ0v) is 16.4. The van der Waals surface area contributed by atoms with Gasteiger partial charge in [0.05, 0.1) is 5.56 Å². The Kier molecular flexibility index (Phi) is 6.82. The number of pyridine rings is 1. The maximum absolute atomic E-state index is 12.9. The Bertz CT molecular complexity index is 717. The lowest BCUT2D eigenvalue weighted by atomic mass is 9.92. The van der Waals surface area contributed by atoms with Gasteiger partial charge in [-0.2, -0.15) is 0 Å². The Morgan fingerprint density at radius 1 is 1.19 bits per heavy atom. The Balaban J connectivity index is 1.60. The fraction of sp³-hybridized carbons (Fsp3) is 0.455. The number of benzene rings is 1. The fourth-order valence-corrected chi connectivity index (χ4v) is 3.67. The summed E-state index contributed by atoms with van der Waals surface area (Å²) < 4.78 is 0. The lowest BCUT2D eigenvalue weighted by Crippen LogP contribution is -2.32. The smallest absolute Gasteiger partial charge is 0.255 e. The van der Waals surface area contributed by atoms with E-state index in [9.17, 15) is 4.79 Å². The van der Waals surface area contributed by atoms with Gasteiger partial charge in [0.1, 0.15) is 5.82 Å². The van der Waals surface area contributed by atoms with Crippen molar-refractivity contribution < 1.29 is 4.79 Å². The highest BCUT2D eigenvalue weighted by Gasteiger charge is 2.22. The van der Waals surface area contributed by atoms with Gasteiger partial charge in [0.15, 0.2) is 0 Å². The number of nitrogens with one attached hydrogen (secondary N) is 1. The molecule has 1 aliphatic heterocycles. The van der Waals surface area contributed by atoms with Crippen LogP contribution in [0.15, 0.2) is 48.7 Å². The van der Waals surface area contributed by atoms with Crippen molar-refractivity contribution in [3.8, 4) is 0 Å². The van der Waals surface area contributed by atoms with Gasteiger partial charge in [-0.3, -0.25) is 4.79 Å². The van der Waals surface area contributed by atoms with Crippen molar-refractivity contribution in [1.29, 1.82) is 0 Å². The van der Waals surface area contributed by atoms with Crippen LogP contribution in [-0.4, -0.2) is 56.1 Å². The second-order valence-electron chi connectivity index (χ2n) is 7.26. The molecule has 1 aromatic carbocycles. The number of carbonyl (C=O) groups is 1. The molecule has 0 bridgehead atoms. The Hall–Kier alpha value is -2.40. The van der Waals surface area contributed by atoms with Crippen LogP contribution in [0.5, 0.6) is 0 Å². The van der Waals surface area contributed by atoms with Gasteiger partial charge >= 0.3 is 0 Å². The summed E-state index contributed by atoms with van der Waals surface area (Å²) in [6, 6.07) is 14.5. The van der Waals surface area contributed by atoms with Crippen LogP contribution in [0.1, 0.15) is 41.1 Å². The van der Waals surface area contributed by atoms with Crippen molar-refractivity contribution >= 4 is 11.7 Å². The zero-order chi connectivity index (χ0) is 19.1. The highest BCUT2D eigenvalue weighted by molar-refractivity contribution is 5.94. The number of hydrogen-bond donors (Lipinski definition) is 1. The summed E-state index contributed by atoms with van der Waals surface area (Å²) in [5.41, 5.74) is 2.07. The van der Waals surface area contributed by atoms with Gasteiger partial charge in [0.25, 0.3) is 5.91 Å². The molecule has 1 fully saturated rings. The molecule has 0 unspecified atom stereocenters. The lowest BCUT2D eigenvalue weighted by Gasteiger charge is -2.22. The summed E-state index contributed by atoms with van der Waals surface area (Å²) in [4.78, 5) is 21.5. The summed E-state index contributed by atoms with van der Waals surface area (Å²) >= 11 is 0. The molecule has 2 heterocycles. The van der Waals surface area contributed by atoms with Crippen LogP contribution in [0.3, 0.4) is 0 Å². The van der Waals surface area contributed by atoms with Crippen LogP contribution in [-0.2, 0) is 0 Å². The molecule has 2 aromatic rings. The van der Waals surface area contributed by atoms with Gasteiger partial charge in [-0.1, -0.05) is 30.3 Å². The molecule has 1 saturated heterocycles. The monoisotopic (exact) mass is 366 g/mol. The van der Waals surface area contributed by atoms with Crippen LogP contribution in [0.4, 0.5) is 5.82 Å². The SMILES string of the molecule is CNCCN(C)c1ccc(C(=O)N2CCC[C@@H](c3ccccc3)CC2)cn1. The quantitative estimate of drug-likeness (QED) is 0.853. The Labute approximate surface area is 162 Å². The van der Waals surface area contributed by atoms with Gasteiger partial charge in [0.2, 0.25) is 0 Å². The van der Waals surface area contributed by atoms with E-state index >= 15 is 0 Å². The molecule has 1 aromatic heterocycles. The number of rotatable bonds is 6. The first-order valence-corrected chi connectivity index (χ1v) is 9.85. The van der Waals surface area contributed by atoms with Crippen LogP contribution >= 0.6 is 0 Å². The van der Waals surface area contributed by atoms with Gasteiger partial charge in [-0.25, -0.2) is 4.98 Å². The van der Waals surface area contributed by atoms with E-state index in [1.807, 2.05) is 31.1 Å². The van der Waals surface area contributed by atoms with E-state index in [0.717, 1.165) is 51.3 Å². The normalized spacial score (nSPS) is 17.4. The first-order chi connectivity index (χ1) is 13.2. The molecule has 144 valence electrons. The molecule has 1 atom stereocenters. The first kappa shape index (κ1) is 19.4. The van der Waals surface area contributed by atoms with Crippen LogP contribution < -0.4 is 10.2 Å². The molecule has 3 rings (SSSR count). The van der Waals surface area contributed by atoms with Crippen LogP contribution in [0.25, 0.3) is 0 Å². The summed E-state index contributed by atoms with van der Waals surface area (Å²) in [6.45, 7) is 3.41. The predicted octanol–water partition coefficient (Wildman–Crippen LogP) is 3.15. The third-order valence-corrected chi connectivity index (χ3v) is 5.37. The maximum Gasteiger partial charge on any atom is 0.255 e. The van der Waals surface area contributed by atoms with Crippen molar-refractivity contribution in [3.05, 3.63) is 59.8 Å². The third kappa shape index (κ3) is 5.07. The number of likely N-dealkylation sites (tertiary alicyclic amines) is 1. The molecule has 0 radical (unpaired) electrons. The molecular formula is C22H30N4O. The van der Waals surface area contributed by atoms with Gasteiger partial charge in [0, 0.05) is 39.4 Å². The van der Waals surface area contributed by atoms with Crippen LogP contribution in [0, 0.1) is 0 Å². The minimum absolute atomic E-state index is 0.0978. The molecule has 1 amide bonds. The number of aromatic nitrogens is 1. The van der Waals surface area contributed by atoms with Crippen LogP contribution in [0.2, 0.25) is 0 Å². The third-order valence-electron chi connectivity index (χ3n) is 5.37. The maximum atomic E-state index is 12.9. The highest BCUT2D eigenvalue weighted by Crippen LogP contribution is 2.28. The van der Waals surface area contributed by atoms with Crippen molar-refractivity contribution in [3.63, 3.8) is 0 Å². The van der Waals surface area contributed by atoms with E-state index in [4.69, 9.17) is 0 Å². The van der Waals surface area contributed by atoms with Crippen molar-refractivity contribution in [2.75, 3.05) is 45.2 Å². The second kappa shape index (κ2) is 9.51. The molecule has 0 spiro atoms. The molecule has 1 aliphatic rings. The molecule has 0 saturated carbocycles. The van der Waals surface area contributed by atoms with Crippen molar-refractivity contribution in [2.24, 2.45) is 0 Å². The summed E-state index contributed by atoms with van der Waals surface area (Å²) in [5.74, 6) is 1.53. The highest BCUT2D eigenvalue weighted by atomic mass is 16.2. The summed E-state index contributed by atoms with van der Waals surface area (Å²) in [5, 5.41) is 3.13. The first-order valence-electron chi connectivity index (χ1n) is 9.85. The van der Waals surface area contributed by atoms with E-state index in [1.54, 1.807) is 6.20 Å². The number of amides is 1. The fourth-order valence-electron chi connectivity index (χ4n) is 3.67. The van der Waals surface area contributed by atoms with E-state index in [0.29, 0.717) is 11.5 Å². The van der Waals surface area contributed by atoms with Gasteiger partial charge in [-0.15, -0.1) is 0 Å². The molecule has 1 N–H and O–H groups in total. The zero-order valence-electron chi connectivity index (χ0n) is 16.4. The number of hydrogen-bond acceptors (Lipinski definition) is 4. The second-order valence-corrected chi connectivity index (χ2v) is 7.26. The largest absolute Gasteiger partial charge is 0.358 e. The van der Waals surface area contributed by atoms with Crippen molar-refractivity contribution in [1.82, 2.24) is 15.2 Å². The number of nitrogens with zero attached hydrogens (tertiary/aromatic N) is 3. The minimum atomic E-state index is 0.0978. The lowest BCUT2D eigenvalue weighted by molar-refractivity contribution is 0.0760. The van der Waals surface area contributed by atoms with Crippen molar-refractivity contribution in [2.45, 2.75) is 25.2 Å². The molecule has 0 aliphatic carbocycles. The standard InChI is InChI=1S/C22H30N4O/c1-23-13-16-25(2)21-11-10-20(17-24-21)22(27)26-14-6-9-19(12-15-26)18-7-4-3-5-8-18/h3-5,7-8,10-11,17,19,23H,6,9,12-16H2,1-2H3/t19-/m1/s1. The Morgan fingerprint density at radius 2 is 2.00 bits per heavy atom. The topological polar surface area (TPSA) is 48.5 Å². The Morgan fingerprint density at radius 3 is 2.70 bits per heavy atom. The average Bonchev–Trinajstić information content (AvgIpc) is 2.98. The number of likely N-dealkylation sites (N-methyl/N-ethyl adjacent to an activating group) is 2. The average molecular weight is 367 g/mol. The number of anilines is 1. The minimum Gasteiger partial charge on any atom is -0.358 e.